The molecule has 200 valence electrons. The van der Waals surface area contributed by atoms with Gasteiger partial charge in [-0.05, 0) is 37.1 Å². The lowest BCUT2D eigenvalue weighted by atomic mass is 10.1. The number of halogens is 3. The van der Waals surface area contributed by atoms with E-state index in [1.165, 1.54) is 23.4 Å². The number of anilines is 5. The van der Waals surface area contributed by atoms with E-state index in [1.54, 1.807) is 6.20 Å². The van der Waals surface area contributed by atoms with E-state index in [0.717, 1.165) is 56.6 Å². The summed E-state index contributed by atoms with van der Waals surface area (Å²) < 4.78 is 44.3. The first kappa shape index (κ1) is 24.6. The Labute approximate surface area is 220 Å². The second-order valence-electron chi connectivity index (χ2n) is 9.15. The largest absolute Gasteiger partial charge is 0.416 e. The normalized spacial score (nSPS) is 14.4. The van der Waals surface area contributed by atoms with Gasteiger partial charge in [0.05, 0.1) is 11.3 Å². The van der Waals surface area contributed by atoms with Gasteiger partial charge in [0, 0.05) is 49.1 Å². The maximum absolute atomic E-state index is 13.7. The topological polar surface area (TPSA) is 114 Å². The highest BCUT2D eigenvalue weighted by molar-refractivity contribution is 5.64. The number of imidazole rings is 1. The van der Waals surface area contributed by atoms with E-state index in [9.17, 15) is 13.2 Å². The molecule has 39 heavy (non-hydrogen) atoms. The van der Waals surface area contributed by atoms with E-state index < -0.39 is 11.7 Å². The number of rotatable bonds is 6. The van der Waals surface area contributed by atoms with Crippen molar-refractivity contribution < 1.29 is 13.2 Å². The van der Waals surface area contributed by atoms with Crippen molar-refractivity contribution in [2.75, 3.05) is 28.6 Å². The molecule has 1 aliphatic heterocycles. The number of aromatic nitrogens is 8. The van der Waals surface area contributed by atoms with Crippen LogP contribution in [0.1, 0.15) is 31.2 Å². The summed E-state index contributed by atoms with van der Waals surface area (Å²) in [7, 11) is 0. The van der Waals surface area contributed by atoms with Crippen molar-refractivity contribution >= 4 is 34.9 Å². The Morgan fingerprint density at radius 2 is 1.59 bits per heavy atom. The Kier molecular flexibility index (Phi) is 6.42. The number of pyridine rings is 1. The maximum atomic E-state index is 13.7. The second-order valence-corrected chi connectivity index (χ2v) is 9.15. The highest BCUT2D eigenvalue weighted by Crippen LogP contribution is 2.33. The highest BCUT2D eigenvalue weighted by atomic mass is 19.4. The van der Waals surface area contributed by atoms with Gasteiger partial charge >= 0.3 is 6.18 Å². The van der Waals surface area contributed by atoms with E-state index >= 15 is 0 Å². The molecule has 0 saturated carbocycles. The van der Waals surface area contributed by atoms with Crippen LogP contribution >= 0.6 is 0 Å². The Balaban J connectivity index is 1.37. The van der Waals surface area contributed by atoms with Crippen molar-refractivity contribution in [1.29, 1.82) is 0 Å². The van der Waals surface area contributed by atoms with Gasteiger partial charge in [-0.2, -0.15) is 33.2 Å². The van der Waals surface area contributed by atoms with Crippen LogP contribution in [-0.2, 0) is 6.18 Å². The summed E-state index contributed by atoms with van der Waals surface area (Å²) in [5, 5.41) is 10.1. The van der Waals surface area contributed by atoms with Gasteiger partial charge in [0.2, 0.25) is 17.8 Å². The van der Waals surface area contributed by atoms with E-state index in [1.807, 2.05) is 28.9 Å². The molecule has 4 aromatic heterocycles. The highest BCUT2D eigenvalue weighted by Gasteiger charge is 2.31. The summed E-state index contributed by atoms with van der Waals surface area (Å²) in [5.74, 6) is 0.811. The predicted octanol–water partition coefficient (Wildman–Crippen LogP) is 4.99. The summed E-state index contributed by atoms with van der Waals surface area (Å²) >= 11 is 0. The fourth-order valence-corrected chi connectivity index (χ4v) is 4.46. The third kappa shape index (κ3) is 5.58. The molecule has 14 heteroatoms. The summed E-state index contributed by atoms with van der Waals surface area (Å²) in [6.45, 7) is 1.56. The van der Waals surface area contributed by atoms with Crippen LogP contribution in [0.4, 0.5) is 42.4 Å². The summed E-state index contributed by atoms with van der Waals surface area (Å²) in [6.07, 6.45) is 7.66. The van der Waals surface area contributed by atoms with Crippen LogP contribution in [0.5, 0.6) is 0 Å². The molecular formula is C25H24F3N11. The molecular weight excluding hydrogens is 511 g/mol. The second kappa shape index (κ2) is 10.2. The van der Waals surface area contributed by atoms with Gasteiger partial charge in [0.25, 0.3) is 0 Å². The van der Waals surface area contributed by atoms with Crippen LogP contribution in [-0.4, -0.2) is 52.2 Å². The first-order chi connectivity index (χ1) is 18.9. The molecule has 0 spiro atoms. The van der Waals surface area contributed by atoms with Crippen LogP contribution in [0.15, 0.2) is 61.6 Å². The summed E-state index contributed by atoms with van der Waals surface area (Å²) in [5.41, 5.74) is 0.946. The molecule has 0 amide bonds. The van der Waals surface area contributed by atoms with Crippen LogP contribution in [0.3, 0.4) is 0 Å². The van der Waals surface area contributed by atoms with Crippen LogP contribution in [0.25, 0.3) is 11.3 Å². The Bertz CT molecular complexity index is 1570. The molecule has 2 N–H and O–H groups in total. The number of fused-ring (bicyclic) bond motifs is 1. The molecule has 1 saturated heterocycles. The molecule has 0 unspecified atom stereocenters. The zero-order valence-corrected chi connectivity index (χ0v) is 20.7. The summed E-state index contributed by atoms with van der Waals surface area (Å²) in [6, 6.07) is 7.25. The quantitative estimate of drug-likeness (QED) is 0.311. The SMILES string of the molecule is FC(F)(F)c1cc(Nc2nc(Nc3ccn4ccnc4c3)nc(N3CCCCCC3)n2)cc(-n2cncn2)c1. The molecule has 6 rings (SSSR count). The van der Waals surface area contributed by atoms with E-state index in [0.29, 0.717) is 11.6 Å². The monoisotopic (exact) mass is 535 g/mol. The number of nitrogens with one attached hydrogen (secondary N) is 2. The minimum absolute atomic E-state index is 0.109. The molecule has 5 heterocycles. The standard InChI is InChI=1S/C25H24F3N11/c26-25(27,28)17-11-19(13-20(12-17)39-16-29-15-31-39)33-23-34-22(32-18-5-9-37-10-6-30-21(37)14-18)35-24(36-23)38-7-3-1-2-4-8-38/h5-6,9-16H,1-4,7-8H2,(H2,32,33,34,35,36). The van der Waals surface area contributed by atoms with Crippen molar-refractivity contribution in [2.24, 2.45) is 0 Å². The number of hydrogen-bond acceptors (Lipinski definition) is 9. The van der Waals surface area contributed by atoms with Crippen molar-refractivity contribution in [3.63, 3.8) is 0 Å². The molecule has 1 fully saturated rings. The zero-order valence-electron chi connectivity index (χ0n) is 20.7. The molecule has 1 aliphatic rings. The average molecular weight is 536 g/mol. The third-order valence-electron chi connectivity index (χ3n) is 6.35. The lowest BCUT2D eigenvalue weighted by Gasteiger charge is -2.21. The fraction of sp³-hybridized carbons (Fsp3) is 0.280. The van der Waals surface area contributed by atoms with E-state index in [4.69, 9.17) is 0 Å². The van der Waals surface area contributed by atoms with E-state index in [2.05, 4.69) is 45.6 Å². The molecule has 5 aromatic rings. The van der Waals surface area contributed by atoms with Gasteiger partial charge in [-0.15, -0.1) is 0 Å². The van der Waals surface area contributed by atoms with Crippen molar-refractivity contribution in [3.8, 4) is 5.69 Å². The molecule has 0 aliphatic carbocycles. The van der Waals surface area contributed by atoms with Crippen molar-refractivity contribution in [2.45, 2.75) is 31.9 Å². The smallest absolute Gasteiger partial charge is 0.341 e. The van der Waals surface area contributed by atoms with Gasteiger partial charge in [-0.3, -0.25) is 0 Å². The Morgan fingerprint density at radius 3 is 2.31 bits per heavy atom. The average Bonchev–Trinajstić information content (AvgIpc) is 3.54. The van der Waals surface area contributed by atoms with Gasteiger partial charge in [0.1, 0.15) is 18.3 Å². The first-order valence-corrected chi connectivity index (χ1v) is 12.5. The van der Waals surface area contributed by atoms with Crippen LogP contribution in [0, 0.1) is 0 Å². The lowest BCUT2D eigenvalue weighted by molar-refractivity contribution is -0.137. The minimum Gasteiger partial charge on any atom is -0.341 e. The molecule has 0 radical (unpaired) electrons. The zero-order chi connectivity index (χ0) is 26.8. The minimum atomic E-state index is -4.57. The molecule has 11 nitrogen and oxygen atoms in total. The number of benzene rings is 1. The fourth-order valence-electron chi connectivity index (χ4n) is 4.46. The molecule has 0 atom stereocenters. The van der Waals surface area contributed by atoms with Gasteiger partial charge in [-0.1, -0.05) is 12.8 Å². The van der Waals surface area contributed by atoms with E-state index in [-0.39, 0.29) is 23.3 Å². The Hall–Kier alpha value is -4.75. The predicted molar refractivity (Wildman–Crippen MR) is 139 cm³/mol. The number of alkyl halides is 3. The number of hydrogen-bond donors (Lipinski definition) is 2. The summed E-state index contributed by atoms with van der Waals surface area (Å²) in [4.78, 5) is 23.9. The van der Waals surface area contributed by atoms with Gasteiger partial charge in [0.15, 0.2) is 0 Å². The van der Waals surface area contributed by atoms with Crippen molar-refractivity contribution in [3.05, 3.63) is 67.1 Å². The third-order valence-corrected chi connectivity index (χ3v) is 6.35. The molecule has 0 bridgehead atoms. The van der Waals surface area contributed by atoms with Crippen LogP contribution < -0.4 is 15.5 Å². The Morgan fingerprint density at radius 1 is 0.821 bits per heavy atom. The van der Waals surface area contributed by atoms with Crippen molar-refractivity contribution in [1.82, 2.24) is 39.1 Å². The molecule has 1 aromatic carbocycles. The van der Waals surface area contributed by atoms with Crippen LogP contribution in [0.2, 0.25) is 0 Å². The number of nitrogens with zero attached hydrogens (tertiary/aromatic N) is 9. The van der Waals surface area contributed by atoms with Gasteiger partial charge < -0.3 is 19.9 Å². The maximum Gasteiger partial charge on any atom is 0.416 e. The van der Waals surface area contributed by atoms with Gasteiger partial charge in [-0.25, -0.2) is 14.6 Å². The lowest BCUT2D eigenvalue weighted by Crippen LogP contribution is -2.26. The first-order valence-electron chi connectivity index (χ1n) is 12.5.